The van der Waals surface area contributed by atoms with E-state index in [9.17, 15) is 0 Å². The van der Waals surface area contributed by atoms with E-state index >= 15 is 0 Å². The van der Waals surface area contributed by atoms with Gasteiger partial charge in [0.15, 0.2) is 0 Å². The van der Waals surface area contributed by atoms with Crippen LogP contribution in [0.1, 0.15) is 42.0 Å². The van der Waals surface area contributed by atoms with E-state index in [1.807, 2.05) is 0 Å². The van der Waals surface area contributed by atoms with Crippen molar-refractivity contribution in [2.24, 2.45) is 0 Å². The van der Waals surface area contributed by atoms with Crippen LogP contribution in [0.2, 0.25) is 0 Å². The van der Waals surface area contributed by atoms with E-state index < -0.39 is 0 Å². The molecule has 0 aliphatic carbocycles. The molecule has 0 spiro atoms. The van der Waals surface area contributed by atoms with E-state index in [0.717, 1.165) is 70.0 Å². The van der Waals surface area contributed by atoms with E-state index in [-0.39, 0.29) is 12.2 Å². The lowest BCUT2D eigenvalue weighted by atomic mass is 9.85. The third kappa shape index (κ3) is 4.25. The molecule has 1 N–H and O–H groups in total. The van der Waals surface area contributed by atoms with Crippen molar-refractivity contribution in [3.8, 4) is 11.5 Å². The number of piperazine rings is 1. The molecule has 27 heavy (non-hydrogen) atoms. The lowest BCUT2D eigenvalue weighted by Crippen LogP contribution is -2.49. The van der Waals surface area contributed by atoms with Gasteiger partial charge >= 0.3 is 0 Å². The average Bonchev–Trinajstić information content (AvgIpc) is 2.66. The molecule has 152 valence electrons. The number of nitrogens with zero attached hydrogens (tertiary/aromatic N) is 2. The summed E-state index contributed by atoms with van der Waals surface area (Å²) in [4.78, 5) is 4.88. The normalized spacial score (nSPS) is 23.8. The molecule has 1 aromatic carbocycles. The summed E-state index contributed by atoms with van der Waals surface area (Å²) in [6, 6.07) is 0. The monoisotopic (exact) mass is 376 g/mol. The Morgan fingerprint density at radius 3 is 2.22 bits per heavy atom. The van der Waals surface area contributed by atoms with Gasteiger partial charge in [0.05, 0.1) is 13.7 Å². The van der Waals surface area contributed by atoms with Gasteiger partial charge in [-0.1, -0.05) is 0 Å². The van der Waals surface area contributed by atoms with Crippen LogP contribution in [0.4, 0.5) is 0 Å². The summed E-state index contributed by atoms with van der Waals surface area (Å²) in [7, 11) is 1.76. The smallest absolute Gasteiger partial charge is 0.127 e. The Bertz CT molecular complexity index is 668. The molecule has 2 heterocycles. The van der Waals surface area contributed by atoms with Gasteiger partial charge in [-0.15, -0.1) is 0 Å². The molecule has 1 saturated heterocycles. The van der Waals surface area contributed by atoms with Crippen molar-refractivity contribution in [2.75, 3.05) is 53.0 Å². The zero-order valence-corrected chi connectivity index (χ0v) is 17.7. The van der Waals surface area contributed by atoms with Gasteiger partial charge in [0, 0.05) is 44.8 Å². The first kappa shape index (κ1) is 20.4. The molecule has 1 aromatic rings. The molecule has 5 heteroatoms. The van der Waals surface area contributed by atoms with E-state index in [4.69, 9.17) is 14.6 Å². The molecule has 0 saturated carbocycles. The van der Waals surface area contributed by atoms with Crippen molar-refractivity contribution >= 4 is 0 Å². The number of aliphatic hydroxyl groups is 1. The highest BCUT2D eigenvalue weighted by Crippen LogP contribution is 2.44. The molecule has 3 rings (SSSR count). The summed E-state index contributed by atoms with van der Waals surface area (Å²) in [6.45, 7) is 15.1. The highest BCUT2D eigenvalue weighted by molar-refractivity contribution is 5.58. The van der Waals surface area contributed by atoms with Gasteiger partial charge in [0.2, 0.25) is 0 Å². The van der Waals surface area contributed by atoms with Crippen molar-refractivity contribution in [3.05, 3.63) is 22.3 Å². The number of fused-ring (bicyclic) bond motifs is 1. The molecule has 1 unspecified atom stereocenters. The maximum absolute atomic E-state index is 9.09. The Kier molecular flexibility index (Phi) is 6.34. The number of ether oxygens (including phenoxy) is 2. The zero-order valence-electron chi connectivity index (χ0n) is 17.7. The number of aliphatic hydroxyl groups excluding tert-OH is 1. The number of rotatable bonds is 6. The lowest BCUT2D eigenvalue weighted by Gasteiger charge is -2.40. The Hall–Kier alpha value is -1.30. The highest BCUT2D eigenvalue weighted by atomic mass is 16.5. The van der Waals surface area contributed by atoms with Crippen molar-refractivity contribution in [3.63, 3.8) is 0 Å². The molecule has 5 nitrogen and oxygen atoms in total. The fourth-order valence-electron chi connectivity index (χ4n) is 4.54. The van der Waals surface area contributed by atoms with Crippen LogP contribution in [0.3, 0.4) is 0 Å². The summed E-state index contributed by atoms with van der Waals surface area (Å²) >= 11 is 0. The fraction of sp³-hybridized carbons (Fsp3) is 0.727. The summed E-state index contributed by atoms with van der Waals surface area (Å²) in [5, 5.41) is 9.09. The first-order valence-corrected chi connectivity index (χ1v) is 10.3. The average molecular weight is 377 g/mol. The summed E-state index contributed by atoms with van der Waals surface area (Å²) in [6.07, 6.45) is 3.16. The second-order valence-electron chi connectivity index (χ2n) is 8.42. The minimum Gasteiger partial charge on any atom is -0.496 e. The van der Waals surface area contributed by atoms with E-state index in [2.05, 4.69) is 37.5 Å². The predicted molar refractivity (Wildman–Crippen MR) is 109 cm³/mol. The SMILES string of the molecule is COc1c(C)c(C)c2c(c1C)CCC(C)(CCN1CCN(CCO)CC1)O2. The molecular weight excluding hydrogens is 340 g/mol. The van der Waals surface area contributed by atoms with E-state index in [0.29, 0.717) is 0 Å². The van der Waals surface area contributed by atoms with E-state index in [1.54, 1.807) is 7.11 Å². The van der Waals surface area contributed by atoms with Crippen LogP contribution in [-0.4, -0.2) is 73.5 Å². The summed E-state index contributed by atoms with van der Waals surface area (Å²) in [5.74, 6) is 2.10. The maximum Gasteiger partial charge on any atom is 0.127 e. The van der Waals surface area contributed by atoms with Gasteiger partial charge < -0.3 is 19.5 Å². The Balaban J connectivity index is 1.65. The summed E-state index contributed by atoms with van der Waals surface area (Å²) in [5.41, 5.74) is 4.87. The Morgan fingerprint density at radius 1 is 1.00 bits per heavy atom. The molecule has 0 bridgehead atoms. The van der Waals surface area contributed by atoms with Crippen LogP contribution in [0, 0.1) is 20.8 Å². The number of methoxy groups -OCH3 is 1. The van der Waals surface area contributed by atoms with Gasteiger partial charge in [-0.3, -0.25) is 4.90 Å². The van der Waals surface area contributed by atoms with Crippen molar-refractivity contribution in [1.29, 1.82) is 0 Å². The zero-order chi connectivity index (χ0) is 19.6. The molecule has 1 atom stereocenters. The van der Waals surface area contributed by atoms with Gasteiger partial charge in [0.25, 0.3) is 0 Å². The van der Waals surface area contributed by atoms with Crippen LogP contribution < -0.4 is 9.47 Å². The van der Waals surface area contributed by atoms with Crippen molar-refractivity contribution < 1.29 is 14.6 Å². The minimum absolute atomic E-state index is 0.104. The van der Waals surface area contributed by atoms with E-state index in [1.165, 1.54) is 22.3 Å². The second-order valence-corrected chi connectivity index (χ2v) is 8.42. The number of benzene rings is 1. The van der Waals surface area contributed by atoms with Crippen LogP contribution >= 0.6 is 0 Å². The summed E-state index contributed by atoms with van der Waals surface area (Å²) < 4.78 is 12.3. The first-order chi connectivity index (χ1) is 12.9. The quantitative estimate of drug-likeness (QED) is 0.827. The van der Waals surface area contributed by atoms with Gasteiger partial charge in [-0.2, -0.15) is 0 Å². The number of hydrogen-bond acceptors (Lipinski definition) is 5. The standard InChI is InChI=1S/C22H36N2O3/c1-16-17(2)21-19(18(3)20(16)26-5)6-7-22(4,27-21)8-9-23-10-12-24(13-11-23)14-15-25/h25H,6-15H2,1-5H3. The maximum atomic E-state index is 9.09. The Morgan fingerprint density at radius 2 is 1.63 bits per heavy atom. The third-order valence-corrected chi connectivity index (χ3v) is 6.61. The number of β-amino-alcohol motifs (C(OH)–C–C–N with tert-alkyl or cyclic N) is 1. The highest BCUT2D eigenvalue weighted by Gasteiger charge is 2.35. The van der Waals surface area contributed by atoms with Crippen LogP contribution in [0.5, 0.6) is 11.5 Å². The largest absolute Gasteiger partial charge is 0.496 e. The molecule has 1 fully saturated rings. The van der Waals surface area contributed by atoms with Crippen molar-refractivity contribution in [2.45, 2.75) is 52.6 Å². The minimum atomic E-state index is -0.104. The topological polar surface area (TPSA) is 45.2 Å². The first-order valence-electron chi connectivity index (χ1n) is 10.3. The lowest BCUT2D eigenvalue weighted by molar-refractivity contribution is 0.0345. The molecular formula is C22H36N2O3. The Labute approximate surface area is 164 Å². The van der Waals surface area contributed by atoms with Crippen LogP contribution in [0.25, 0.3) is 0 Å². The molecule has 0 aromatic heterocycles. The molecule has 2 aliphatic rings. The number of hydrogen-bond donors (Lipinski definition) is 1. The molecule has 0 amide bonds. The van der Waals surface area contributed by atoms with Gasteiger partial charge in [-0.05, 0) is 63.6 Å². The molecule has 2 aliphatic heterocycles. The molecule has 0 radical (unpaired) electrons. The third-order valence-electron chi connectivity index (χ3n) is 6.61. The predicted octanol–water partition coefficient (Wildman–Crippen LogP) is 2.70. The van der Waals surface area contributed by atoms with Crippen LogP contribution in [0.15, 0.2) is 0 Å². The van der Waals surface area contributed by atoms with Crippen molar-refractivity contribution in [1.82, 2.24) is 9.80 Å². The van der Waals surface area contributed by atoms with Crippen LogP contribution in [-0.2, 0) is 6.42 Å². The second kappa shape index (κ2) is 8.38. The van der Waals surface area contributed by atoms with Gasteiger partial charge in [0.1, 0.15) is 17.1 Å². The fourth-order valence-corrected chi connectivity index (χ4v) is 4.54. The van der Waals surface area contributed by atoms with Gasteiger partial charge in [-0.25, -0.2) is 0 Å².